The number of hydrogen-bond acceptors (Lipinski definition) is 7. The van der Waals surface area contributed by atoms with E-state index in [4.69, 9.17) is 18.9 Å². The Morgan fingerprint density at radius 3 is 2.16 bits per heavy atom. The van der Waals surface area contributed by atoms with Gasteiger partial charge in [-0.15, -0.1) is 0 Å². The van der Waals surface area contributed by atoms with Crippen molar-refractivity contribution in [1.29, 1.82) is 0 Å². The van der Waals surface area contributed by atoms with Crippen molar-refractivity contribution in [2.45, 2.75) is 31.1 Å². The van der Waals surface area contributed by atoms with Crippen LogP contribution in [0.4, 0.5) is 5.69 Å². The summed E-state index contributed by atoms with van der Waals surface area (Å²) in [4.78, 5) is 24.1. The highest BCUT2D eigenvalue weighted by Gasteiger charge is 2.37. The molecule has 2 aliphatic heterocycles. The normalized spacial score (nSPS) is 18.1. The number of nitro benzene ring substituents is 1. The number of nitrogens with zero attached hydrogens (tertiary/aromatic N) is 1. The van der Waals surface area contributed by atoms with Crippen molar-refractivity contribution in [3.8, 4) is 23.0 Å². The molecule has 1 saturated carbocycles. The Hall–Kier alpha value is -3.49. The second-order valence-electron chi connectivity index (χ2n) is 8.30. The third-order valence-corrected chi connectivity index (χ3v) is 6.40. The molecule has 9 heteroatoms. The Labute approximate surface area is 184 Å². The van der Waals surface area contributed by atoms with Gasteiger partial charge >= 0.3 is 0 Å². The molecular formula is C23H24N2O7. The number of carbonyl (C=O) groups is 1. The van der Waals surface area contributed by atoms with Crippen LogP contribution in [0, 0.1) is 10.1 Å². The van der Waals surface area contributed by atoms with Crippen molar-refractivity contribution in [2.75, 3.05) is 33.0 Å². The van der Waals surface area contributed by atoms with Crippen LogP contribution in [0.1, 0.15) is 41.6 Å². The van der Waals surface area contributed by atoms with Gasteiger partial charge in [0.2, 0.25) is 0 Å². The zero-order chi connectivity index (χ0) is 22.1. The molecule has 9 nitrogen and oxygen atoms in total. The number of ether oxygens (including phenoxy) is 4. The van der Waals surface area contributed by atoms with Crippen molar-refractivity contribution in [2.24, 2.45) is 0 Å². The molecule has 1 N–H and O–H groups in total. The molecule has 0 bridgehead atoms. The number of benzene rings is 2. The van der Waals surface area contributed by atoms with E-state index in [-0.39, 0.29) is 22.4 Å². The maximum Gasteiger partial charge on any atom is 0.286 e. The number of nitrogens with one attached hydrogen (secondary N) is 1. The molecule has 1 aliphatic carbocycles. The Balaban J connectivity index is 1.40. The van der Waals surface area contributed by atoms with Gasteiger partial charge in [0, 0.05) is 18.0 Å². The first-order chi connectivity index (χ1) is 15.6. The van der Waals surface area contributed by atoms with E-state index in [1.807, 2.05) is 18.2 Å². The maximum atomic E-state index is 13.1. The van der Waals surface area contributed by atoms with E-state index in [1.165, 1.54) is 12.1 Å². The lowest BCUT2D eigenvalue weighted by Crippen LogP contribution is -2.39. The molecule has 0 radical (unpaired) electrons. The second kappa shape index (κ2) is 8.22. The molecule has 2 aromatic carbocycles. The van der Waals surface area contributed by atoms with Crippen LogP contribution in [0.5, 0.6) is 23.0 Å². The van der Waals surface area contributed by atoms with Gasteiger partial charge in [0.15, 0.2) is 23.0 Å². The number of nitro groups is 1. The number of rotatable bonds is 5. The lowest BCUT2D eigenvalue weighted by Gasteiger charge is -2.31. The van der Waals surface area contributed by atoms with E-state index in [0.717, 1.165) is 37.0 Å². The van der Waals surface area contributed by atoms with Gasteiger partial charge in [-0.3, -0.25) is 14.9 Å². The molecule has 0 atom stereocenters. The number of hydrogen-bond donors (Lipinski definition) is 1. The lowest BCUT2D eigenvalue weighted by molar-refractivity contribution is -0.385. The minimum absolute atomic E-state index is 0.0328. The summed E-state index contributed by atoms with van der Waals surface area (Å²) in [6, 6.07) is 8.59. The van der Waals surface area contributed by atoms with Gasteiger partial charge in [-0.2, -0.15) is 0 Å². The van der Waals surface area contributed by atoms with Crippen LogP contribution in [-0.4, -0.2) is 43.8 Å². The summed E-state index contributed by atoms with van der Waals surface area (Å²) in [5.41, 5.74) is 0.492. The molecule has 0 unspecified atom stereocenters. The van der Waals surface area contributed by atoms with E-state index >= 15 is 0 Å². The molecular weight excluding hydrogens is 416 g/mol. The molecule has 5 rings (SSSR count). The standard InChI is InChI=1S/C23H24N2O7/c26-22(16-12-20-21(32-10-9-31-20)13-17(16)25(27)28)24-14-23(5-1-2-6-23)15-3-4-18-19(11-15)30-8-7-29-18/h3-4,11-13H,1-2,5-10,14H2,(H,24,26). The van der Waals surface area contributed by atoms with Crippen molar-refractivity contribution >= 4 is 11.6 Å². The number of carbonyl (C=O) groups excluding carboxylic acids is 1. The van der Waals surface area contributed by atoms with Crippen LogP contribution in [0.25, 0.3) is 0 Å². The third kappa shape index (κ3) is 3.68. The molecule has 168 valence electrons. The van der Waals surface area contributed by atoms with Crippen molar-refractivity contribution in [3.63, 3.8) is 0 Å². The average molecular weight is 440 g/mol. The summed E-state index contributed by atoms with van der Waals surface area (Å²) in [7, 11) is 0. The molecule has 1 fully saturated rings. The first-order valence-electron chi connectivity index (χ1n) is 10.8. The second-order valence-corrected chi connectivity index (χ2v) is 8.30. The fourth-order valence-electron chi connectivity index (χ4n) is 4.75. The van der Waals surface area contributed by atoms with Crippen LogP contribution in [0.3, 0.4) is 0 Å². The fourth-order valence-corrected chi connectivity index (χ4v) is 4.75. The highest BCUT2D eigenvalue weighted by atomic mass is 16.6. The molecule has 2 heterocycles. The van der Waals surface area contributed by atoms with E-state index in [9.17, 15) is 14.9 Å². The summed E-state index contributed by atoms with van der Waals surface area (Å²) in [5, 5.41) is 14.5. The number of amides is 1. The summed E-state index contributed by atoms with van der Waals surface area (Å²) in [5.74, 6) is 1.56. The smallest absolute Gasteiger partial charge is 0.286 e. The average Bonchev–Trinajstić information content (AvgIpc) is 3.31. The summed E-state index contributed by atoms with van der Waals surface area (Å²) >= 11 is 0. The molecule has 0 saturated heterocycles. The van der Waals surface area contributed by atoms with E-state index in [2.05, 4.69) is 5.32 Å². The molecule has 0 spiro atoms. The Kier molecular flexibility index (Phi) is 5.24. The zero-order valence-corrected chi connectivity index (χ0v) is 17.6. The van der Waals surface area contributed by atoms with Crippen LogP contribution in [-0.2, 0) is 5.41 Å². The van der Waals surface area contributed by atoms with E-state index in [0.29, 0.717) is 44.5 Å². The first-order valence-corrected chi connectivity index (χ1v) is 10.8. The SMILES string of the molecule is O=C(NCC1(c2ccc3c(c2)OCCO3)CCCC1)c1cc2c(cc1[N+](=O)[O-])OCCO2. The van der Waals surface area contributed by atoms with Gasteiger partial charge in [-0.05, 0) is 30.5 Å². The Morgan fingerprint density at radius 2 is 1.50 bits per heavy atom. The minimum atomic E-state index is -0.570. The maximum absolute atomic E-state index is 13.1. The Morgan fingerprint density at radius 1 is 0.906 bits per heavy atom. The highest BCUT2D eigenvalue weighted by Crippen LogP contribution is 2.44. The predicted molar refractivity (Wildman–Crippen MR) is 114 cm³/mol. The highest BCUT2D eigenvalue weighted by molar-refractivity contribution is 5.99. The van der Waals surface area contributed by atoms with Gasteiger partial charge in [-0.1, -0.05) is 18.9 Å². The molecule has 32 heavy (non-hydrogen) atoms. The van der Waals surface area contributed by atoms with Crippen LogP contribution in [0.15, 0.2) is 30.3 Å². The van der Waals surface area contributed by atoms with Crippen molar-refractivity contribution in [1.82, 2.24) is 5.32 Å². The van der Waals surface area contributed by atoms with Crippen LogP contribution < -0.4 is 24.3 Å². The molecule has 2 aromatic rings. The van der Waals surface area contributed by atoms with Gasteiger partial charge in [-0.25, -0.2) is 0 Å². The zero-order valence-electron chi connectivity index (χ0n) is 17.6. The third-order valence-electron chi connectivity index (χ3n) is 6.40. The van der Waals surface area contributed by atoms with Crippen molar-refractivity contribution < 1.29 is 28.7 Å². The Bertz CT molecular complexity index is 1060. The van der Waals surface area contributed by atoms with Gasteiger partial charge in [0.1, 0.15) is 32.0 Å². The minimum Gasteiger partial charge on any atom is -0.486 e. The van der Waals surface area contributed by atoms with Gasteiger partial charge in [0.25, 0.3) is 11.6 Å². The first kappa shape index (κ1) is 20.4. The molecule has 0 aromatic heterocycles. The predicted octanol–water partition coefficient (Wildman–Crippen LogP) is 3.38. The largest absolute Gasteiger partial charge is 0.486 e. The van der Waals surface area contributed by atoms with Crippen molar-refractivity contribution in [3.05, 3.63) is 51.6 Å². The van der Waals surface area contributed by atoms with Gasteiger partial charge in [0.05, 0.1) is 11.0 Å². The van der Waals surface area contributed by atoms with Crippen LogP contribution in [0.2, 0.25) is 0 Å². The lowest BCUT2D eigenvalue weighted by atomic mass is 9.78. The monoisotopic (exact) mass is 440 g/mol. The van der Waals surface area contributed by atoms with E-state index < -0.39 is 10.8 Å². The summed E-state index contributed by atoms with van der Waals surface area (Å²) < 4.78 is 22.3. The quantitative estimate of drug-likeness (QED) is 0.561. The fraction of sp³-hybridized carbons (Fsp3) is 0.435. The molecule has 3 aliphatic rings. The summed E-state index contributed by atoms with van der Waals surface area (Å²) in [6.07, 6.45) is 3.93. The topological polar surface area (TPSA) is 109 Å². The van der Waals surface area contributed by atoms with E-state index in [1.54, 1.807) is 0 Å². The molecule has 1 amide bonds. The number of fused-ring (bicyclic) bond motifs is 2. The van der Waals surface area contributed by atoms with Gasteiger partial charge < -0.3 is 24.3 Å². The summed E-state index contributed by atoms with van der Waals surface area (Å²) in [6.45, 7) is 2.06. The van der Waals surface area contributed by atoms with Crippen LogP contribution >= 0.6 is 0 Å².